The van der Waals surface area contributed by atoms with E-state index in [4.69, 9.17) is 5.11 Å². The highest BCUT2D eigenvalue weighted by molar-refractivity contribution is 5.87. The molecule has 122 valence electrons. The predicted octanol–water partition coefficient (Wildman–Crippen LogP) is -1.59. The average Bonchev–Trinajstić information content (AvgIpc) is 3.00. The largest absolute Gasteiger partial charge is 0.395 e. The van der Waals surface area contributed by atoms with E-state index < -0.39 is 0 Å². The molecule has 21 heavy (non-hydrogen) atoms. The Morgan fingerprint density at radius 2 is 1.95 bits per heavy atom. The number of carbonyl (C=O) groups is 2. The SMILES string of the molecule is Cl.O=C(NCC(=O)N1CCN(CCO)CC1)C1CCCN1. The lowest BCUT2D eigenvalue weighted by Crippen LogP contribution is -2.52. The van der Waals surface area contributed by atoms with E-state index in [0.717, 1.165) is 32.5 Å². The summed E-state index contributed by atoms with van der Waals surface area (Å²) in [5.74, 6) is -0.102. The number of amides is 2. The van der Waals surface area contributed by atoms with Gasteiger partial charge in [-0.2, -0.15) is 0 Å². The van der Waals surface area contributed by atoms with Crippen LogP contribution in [0.4, 0.5) is 0 Å². The molecule has 0 radical (unpaired) electrons. The Labute approximate surface area is 131 Å². The Balaban J connectivity index is 0.00000220. The smallest absolute Gasteiger partial charge is 0.242 e. The number of hydrogen-bond acceptors (Lipinski definition) is 5. The standard InChI is InChI=1S/C13H24N4O3.ClH/c18-9-8-16-4-6-17(7-5-16)12(19)10-15-13(20)11-2-1-3-14-11;/h11,14,18H,1-10H2,(H,15,20);1H. The van der Waals surface area contributed by atoms with E-state index in [0.29, 0.717) is 19.6 Å². The summed E-state index contributed by atoms with van der Waals surface area (Å²) in [6, 6.07) is -0.135. The number of aliphatic hydroxyl groups is 1. The van der Waals surface area contributed by atoms with E-state index in [1.54, 1.807) is 4.90 Å². The van der Waals surface area contributed by atoms with Gasteiger partial charge < -0.3 is 20.6 Å². The molecular weight excluding hydrogens is 296 g/mol. The van der Waals surface area contributed by atoms with Gasteiger partial charge in [0.2, 0.25) is 11.8 Å². The number of halogens is 1. The lowest BCUT2D eigenvalue weighted by Gasteiger charge is -2.34. The van der Waals surface area contributed by atoms with Gasteiger partial charge in [0.25, 0.3) is 0 Å². The molecule has 0 bridgehead atoms. The number of rotatable bonds is 5. The van der Waals surface area contributed by atoms with Crippen LogP contribution in [0.25, 0.3) is 0 Å². The van der Waals surface area contributed by atoms with Crippen LogP contribution >= 0.6 is 12.4 Å². The van der Waals surface area contributed by atoms with Gasteiger partial charge in [-0.1, -0.05) is 0 Å². The average molecular weight is 321 g/mol. The third kappa shape index (κ3) is 5.43. The maximum absolute atomic E-state index is 12.0. The van der Waals surface area contributed by atoms with Crippen molar-refractivity contribution in [3.05, 3.63) is 0 Å². The zero-order chi connectivity index (χ0) is 14.4. The van der Waals surface area contributed by atoms with Crippen LogP contribution in [-0.4, -0.2) is 85.2 Å². The van der Waals surface area contributed by atoms with Crippen LogP contribution in [0.3, 0.4) is 0 Å². The first-order valence-corrected chi connectivity index (χ1v) is 7.33. The highest BCUT2D eigenvalue weighted by Gasteiger charge is 2.24. The number of nitrogens with one attached hydrogen (secondary N) is 2. The molecular formula is C13H25ClN4O3. The fourth-order valence-electron chi connectivity index (χ4n) is 2.67. The summed E-state index contributed by atoms with van der Waals surface area (Å²) in [6.45, 7) is 4.65. The molecule has 2 aliphatic rings. The van der Waals surface area contributed by atoms with Crippen LogP contribution in [0, 0.1) is 0 Å². The molecule has 1 atom stereocenters. The zero-order valence-electron chi connectivity index (χ0n) is 12.2. The van der Waals surface area contributed by atoms with Gasteiger partial charge in [0.1, 0.15) is 0 Å². The summed E-state index contributed by atoms with van der Waals surface area (Å²) >= 11 is 0. The predicted molar refractivity (Wildman–Crippen MR) is 81.4 cm³/mol. The first-order valence-electron chi connectivity index (χ1n) is 7.33. The minimum absolute atomic E-state index is 0. The summed E-state index contributed by atoms with van der Waals surface area (Å²) in [5.41, 5.74) is 0. The topological polar surface area (TPSA) is 84.9 Å². The zero-order valence-corrected chi connectivity index (χ0v) is 13.0. The third-order valence-corrected chi connectivity index (χ3v) is 3.93. The van der Waals surface area contributed by atoms with Crippen molar-refractivity contribution in [2.75, 3.05) is 52.4 Å². The fourth-order valence-corrected chi connectivity index (χ4v) is 2.67. The highest BCUT2D eigenvalue weighted by Crippen LogP contribution is 2.05. The van der Waals surface area contributed by atoms with Gasteiger partial charge in [-0.25, -0.2) is 0 Å². The van der Waals surface area contributed by atoms with Crippen LogP contribution in [0.15, 0.2) is 0 Å². The molecule has 3 N–H and O–H groups in total. The molecule has 7 nitrogen and oxygen atoms in total. The number of piperazine rings is 1. The molecule has 2 saturated heterocycles. The van der Waals surface area contributed by atoms with Gasteiger partial charge in [0.05, 0.1) is 19.2 Å². The highest BCUT2D eigenvalue weighted by atomic mass is 35.5. The Morgan fingerprint density at radius 3 is 2.52 bits per heavy atom. The Morgan fingerprint density at radius 1 is 1.24 bits per heavy atom. The van der Waals surface area contributed by atoms with Crippen molar-refractivity contribution in [2.24, 2.45) is 0 Å². The van der Waals surface area contributed by atoms with Crippen LogP contribution in [0.5, 0.6) is 0 Å². The minimum atomic E-state index is -0.135. The molecule has 0 spiro atoms. The minimum Gasteiger partial charge on any atom is -0.395 e. The number of β-amino-alcohol motifs (C(OH)–C–C–N with tert-alkyl or cyclic N) is 1. The normalized spacial score (nSPS) is 22.7. The van der Waals surface area contributed by atoms with Crippen molar-refractivity contribution < 1.29 is 14.7 Å². The maximum atomic E-state index is 12.0. The Bertz CT molecular complexity index is 342. The summed E-state index contributed by atoms with van der Waals surface area (Å²) in [4.78, 5) is 27.7. The monoisotopic (exact) mass is 320 g/mol. The van der Waals surface area contributed by atoms with Gasteiger partial charge >= 0.3 is 0 Å². The molecule has 0 aliphatic carbocycles. The van der Waals surface area contributed by atoms with Crippen LogP contribution in [0.2, 0.25) is 0 Å². The number of hydrogen-bond donors (Lipinski definition) is 3. The van der Waals surface area contributed by atoms with Gasteiger partial charge in [0.15, 0.2) is 0 Å². The van der Waals surface area contributed by atoms with E-state index in [1.807, 2.05) is 0 Å². The third-order valence-electron chi connectivity index (χ3n) is 3.93. The Kier molecular flexibility index (Phi) is 7.95. The van der Waals surface area contributed by atoms with E-state index >= 15 is 0 Å². The maximum Gasteiger partial charge on any atom is 0.242 e. The molecule has 0 aromatic heterocycles. The van der Waals surface area contributed by atoms with Gasteiger partial charge in [-0.15, -0.1) is 12.4 Å². The van der Waals surface area contributed by atoms with Crippen molar-refractivity contribution in [1.29, 1.82) is 0 Å². The molecule has 2 fully saturated rings. The molecule has 0 saturated carbocycles. The van der Waals surface area contributed by atoms with E-state index in [-0.39, 0.29) is 43.4 Å². The first-order chi connectivity index (χ1) is 9.70. The van der Waals surface area contributed by atoms with E-state index in [2.05, 4.69) is 15.5 Å². The van der Waals surface area contributed by atoms with Crippen molar-refractivity contribution in [3.63, 3.8) is 0 Å². The van der Waals surface area contributed by atoms with Crippen LogP contribution in [0.1, 0.15) is 12.8 Å². The molecule has 1 unspecified atom stereocenters. The summed E-state index contributed by atoms with van der Waals surface area (Å²) in [5, 5.41) is 14.7. The van der Waals surface area contributed by atoms with E-state index in [1.165, 1.54) is 0 Å². The van der Waals surface area contributed by atoms with Crippen LogP contribution < -0.4 is 10.6 Å². The molecule has 2 rings (SSSR count). The second kappa shape index (κ2) is 9.19. The molecule has 8 heteroatoms. The Hall–Kier alpha value is -0.890. The molecule has 2 heterocycles. The number of carbonyl (C=O) groups excluding carboxylic acids is 2. The second-order valence-corrected chi connectivity index (χ2v) is 5.31. The fraction of sp³-hybridized carbons (Fsp3) is 0.846. The van der Waals surface area contributed by atoms with Crippen molar-refractivity contribution in [3.8, 4) is 0 Å². The van der Waals surface area contributed by atoms with Crippen molar-refractivity contribution in [1.82, 2.24) is 20.4 Å². The van der Waals surface area contributed by atoms with E-state index in [9.17, 15) is 9.59 Å². The lowest BCUT2D eigenvalue weighted by atomic mass is 10.2. The molecule has 2 amide bonds. The molecule has 0 aromatic carbocycles. The number of nitrogens with zero attached hydrogens (tertiary/aromatic N) is 2. The van der Waals surface area contributed by atoms with Crippen molar-refractivity contribution in [2.45, 2.75) is 18.9 Å². The summed E-state index contributed by atoms with van der Waals surface area (Å²) in [6.07, 6.45) is 1.86. The van der Waals surface area contributed by atoms with Gasteiger partial charge in [-0.05, 0) is 19.4 Å². The first kappa shape index (κ1) is 18.2. The van der Waals surface area contributed by atoms with Crippen LogP contribution in [-0.2, 0) is 9.59 Å². The molecule has 0 aromatic rings. The number of aliphatic hydroxyl groups excluding tert-OH is 1. The summed E-state index contributed by atoms with van der Waals surface area (Å²) < 4.78 is 0. The van der Waals surface area contributed by atoms with Crippen molar-refractivity contribution >= 4 is 24.2 Å². The molecule has 2 aliphatic heterocycles. The lowest BCUT2D eigenvalue weighted by molar-refractivity contribution is -0.134. The second-order valence-electron chi connectivity index (χ2n) is 5.31. The van der Waals surface area contributed by atoms with Gasteiger partial charge in [-0.3, -0.25) is 14.5 Å². The summed E-state index contributed by atoms with van der Waals surface area (Å²) in [7, 11) is 0. The van der Waals surface area contributed by atoms with Gasteiger partial charge in [0, 0.05) is 32.7 Å². The quantitative estimate of drug-likeness (QED) is 0.569.